The summed E-state index contributed by atoms with van der Waals surface area (Å²) >= 11 is 6.97. The molecule has 0 aliphatic carbocycles. The smallest absolute Gasteiger partial charge is 0.224 e. The first-order valence-electron chi connectivity index (χ1n) is 5.86. The number of ether oxygens (including phenoxy) is 1. The molecule has 5 nitrogen and oxygen atoms in total. The van der Waals surface area contributed by atoms with Crippen LogP contribution in [-0.4, -0.2) is 24.1 Å². The van der Waals surface area contributed by atoms with Crippen molar-refractivity contribution >= 4 is 49.3 Å². The Morgan fingerprint density at radius 3 is 2.60 bits per heavy atom. The molecule has 20 heavy (non-hydrogen) atoms. The Balaban J connectivity index is 2.39. The van der Waals surface area contributed by atoms with Crippen LogP contribution in [0.1, 0.15) is 5.56 Å². The van der Waals surface area contributed by atoms with Gasteiger partial charge in [0.15, 0.2) is 0 Å². The third kappa shape index (κ3) is 3.21. The van der Waals surface area contributed by atoms with E-state index in [1.165, 1.54) is 0 Å². The summed E-state index contributed by atoms with van der Waals surface area (Å²) < 4.78 is 7.09. The summed E-state index contributed by atoms with van der Waals surface area (Å²) in [6.07, 6.45) is 1.77. The number of hydrogen-bond donors (Lipinski definition) is 2. The highest BCUT2D eigenvalue weighted by atomic mass is 79.9. The standard InChI is InChI=1S/C13H14Br2N4O/c1-7-6-17-13(16-2)19-12(7)18-10-5-11(20-3)9(15)4-8(10)14/h4-6H,1-3H3,(H2,16,17,18,19). The highest BCUT2D eigenvalue weighted by Crippen LogP contribution is 2.36. The summed E-state index contributed by atoms with van der Waals surface area (Å²) in [7, 11) is 3.42. The second-order valence-corrected chi connectivity index (χ2v) is 5.78. The molecule has 0 aliphatic rings. The minimum atomic E-state index is 0.568. The number of halogens is 2. The molecule has 0 bridgehead atoms. The molecule has 2 aromatic rings. The summed E-state index contributed by atoms with van der Waals surface area (Å²) in [5, 5.41) is 6.20. The summed E-state index contributed by atoms with van der Waals surface area (Å²) in [5.41, 5.74) is 1.83. The number of benzene rings is 1. The van der Waals surface area contributed by atoms with E-state index in [2.05, 4.69) is 52.5 Å². The highest BCUT2D eigenvalue weighted by Gasteiger charge is 2.10. The van der Waals surface area contributed by atoms with Crippen LogP contribution in [0.3, 0.4) is 0 Å². The van der Waals surface area contributed by atoms with E-state index >= 15 is 0 Å². The molecule has 0 atom stereocenters. The van der Waals surface area contributed by atoms with Crippen molar-refractivity contribution in [1.29, 1.82) is 0 Å². The normalized spacial score (nSPS) is 10.2. The van der Waals surface area contributed by atoms with Crippen LogP contribution in [0.25, 0.3) is 0 Å². The molecule has 0 aliphatic heterocycles. The van der Waals surface area contributed by atoms with Crippen LogP contribution in [0.4, 0.5) is 17.5 Å². The third-order valence-electron chi connectivity index (χ3n) is 2.69. The average molecular weight is 402 g/mol. The van der Waals surface area contributed by atoms with Gasteiger partial charge in [-0.2, -0.15) is 4.98 Å². The minimum absolute atomic E-state index is 0.568. The minimum Gasteiger partial charge on any atom is -0.495 e. The van der Waals surface area contributed by atoms with Crippen LogP contribution in [-0.2, 0) is 0 Å². The largest absolute Gasteiger partial charge is 0.495 e. The van der Waals surface area contributed by atoms with Gasteiger partial charge >= 0.3 is 0 Å². The fraction of sp³-hybridized carbons (Fsp3) is 0.231. The summed E-state index contributed by atoms with van der Waals surface area (Å²) in [6.45, 7) is 1.95. The number of aryl methyl sites for hydroxylation is 1. The lowest BCUT2D eigenvalue weighted by atomic mass is 10.2. The summed E-state index contributed by atoms with van der Waals surface area (Å²) in [5.74, 6) is 2.06. The Labute approximate surface area is 134 Å². The maximum atomic E-state index is 5.30. The Hall–Kier alpha value is -1.34. The highest BCUT2D eigenvalue weighted by molar-refractivity contribution is 9.11. The lowest BCUT2D eigenvalue weighted by Crippen LogP contribution is -2.03. The van der Waals surface area contributed by atoms with Crippen molar-refractivity contribution in [2.24, 2.45) is 0 Å². The van der Waals surface area contributed by atoms with E-state index in [1.54, 1.807) is 20.4 Å². The number of anilines is 3. The molecule has 106 valence electrons. The molecule has 0 spiro atoms. The van der Waals surface area contributed by atoms with Crippen LogP contribution in [0.15, 0.2) is 27.3 Å². The summed E-state index contributed by atoms with van der Waals surface area (Å²) in [4.78, 5) is 8.56. The molecule has 2 N–H and O–H groups in total. The second-order valence-electron chi connectivity index (χ2n) is 4.07. The van der Waals surface area contributed by atoms with Gasteiger partial charge in [0.1, 0.15) is 11.6 Å². The van der Waals surface area contributed by atoms with Gasteiger partial charge in [0.2, 0.25) is 5.95 Å². The van der Waals surface area contributed by atoms with Crippen molar-refractivity contribution in [2.45, 2.75) is 6.92 Å². The van der Waals surface area contributed by atoms with Gasteiger partial charge in [0.05, 0.1) is 17.3 Å². The van der Waals surface area contributed by atoms with Crippen molar-refractivity contribution in [1.82, 2.24) is 9.97 Å². The lowest BCUT2D eigenvalue weighted by molar-refractivity contribution is 0.412. The van der Waals surface area contributed by atoms with E-state index in [0.717, 1.165) is 31.8 Å². The molecule has 1 aromatic heterocycles. The fourth-order valence-corrected chi connectivity index (χ4v) is 2.85. The molecule has 0 radical (unpaired) electrons. The van der Waals surface area contributed by atoms with E-state index < -0.39 is 0 Å². The molecule has 0 saturated heterocycles. The van der Waals surface area contributed by atoms with Crippen LogP contribution in [0.5, 0.6) is 5.75 Å². The average Bonchev–Trinajstić information content (AvgIpc) is 2.44. The number of methoxy groups -OCH3 is 1. The van der Waals surface area contributed by atoms with Crippen molar-refractivity contribution in [3.05, 3.63) is 32.8 Å². The van der Waals surface area contributed by atoms with Crippen molar-refractivity contribution in [2.75, 3.05) is 24.8 Å². The van der Waals surface area contributed by atoms with Gasteiger partial charge < -0.3 is 15.4 Å². The monoisotopic (exact) mass is 400 g/mol. The Bertz CT molecular complexity index is 634. The molecular formula is C13H14Br2N4O. The van der Waals surface area contributed by atoms with Crippen molar-refractivity contribution in [3.8, 4) is 5.75 Å². The van der Waals surface area contributed by atoms with E-state index in [0.29, 0.717) is 5.95 Å². The van der Waals surface area contributed by atoms with Gasteiger partial charge in [-0.05, 0) is 44.8 Å². The molecule has 2 rings (SSSR count). The zero-order chi connectivity index (χ0) is 14.7. The first kappa shape index (κ1) is 15.1. The SMILES string of the molecule is CNc1ncc(C)c(Nc2cc(OC)c(Br)cc2Br)n1. The predicted octanol–water partition coefficient (Wildman–Crippen LogP) is 4.10. The zero-order valence-electron chi connectivity index (χ0n) is 11.3. The molecule has 1 heterocycles. The quantitative estimate of drug-likeness (QED) is 0.807. The lowest BCUT2D eigenvalue weighted by Gasteiger charge is -2.13. The molecule has 0 amide bonds. The molecule has 0 unspecified atom stereocenters. The van der Waals surface area contributed by atoms with Crippen molar-refractivity contribution in [3.63, 3.8) is 0 Å². The first-order chi connectivity index (χ1) is 9.55. The molecule has 0 saturated carbocycles. The first-order valence-corrected chi connectivity index (χ1v) is 7.45. The fourth-order valence-electron chi connectivity index (χ4n) is 1.60. The third-order valence-corrected chi connectivity index (χ3v) is 3.97. The predicted molar refractivity (Wildman–Crippen MR) is 88.0 cm³/mol. The number of rotatable bonds is 4. The van der Waals surface area contributed by atoms with Gasteiger partial charge in [-0.25, -0.2) is 4.98 Å². The second kappa shape index (κ2) is 6.41. The van der Waals surface area contributed by atoms with Crippen LogP contribution in [0, 0.1) is 6.92 Å². The number of aromatic nitrogens is 2. The number of nitrogens with zero attached hydrogens (tertiary/aromatic N) is 2. The Kier molecular flexibility index (Phi) is 4.82. The van der Waals surface area contributed by atoms with E-state index in [-0.39, 0.29) is 0 Å². The van der Waals surface area contributed by atoms with E-state index in [1.807, 2.05) is 19.1 Å². The van der Waals surface area contributed by atoms with E-state index in [9.17, 15) is 0 Å². The van der Waals surface area contributed by atoms with Gasteiger partial charge in [-0.15, -0.1) is 0 Å². The molecule has 7 heteroatoms. The van der Waals surface area contributed by atoms with Crippen LogP contribution < -0.4 is 15.4 Å². The maximum absolute atomic E-state index is 5.30. The van der Waals surface area contributed by atoms with E-state index in [4.69, 9.17) is 4.74 Å². The topological polar surface area (TPSA) is 59.1 Å². The molecule has 0 fully saturated rings. The molecular weight excluding hydrogens is 388 g/mol. The van der Waals surface area contributed by atoms with Gasteiger partial charge in [0.25, 0.3) is 0 Å². The van der Waals surface area contributed by atoms with Crippen LogP contribution >= 0.6 is 31.9 Å². The van der Waals surface area contributed by atoms with Crippen LogP contribution in [0.2, 0.25) is 0 Å². The number of hydrogen-bond acceptors (Lipinski definition) is 5. The Morgan fingerprint density at radius 1 is 1.20 bits per heavy atom. The zero-order valence-corrected chi connectivity index (χ0v) is 14.5. The molecule has 1 aromatic carbocycles. The van der Waals surface area contributed by atoms with Gasteiger partial charge in [-0.1, -0.05) is 0 Å². The van der Waals surface area contributed by atoms with Gasteiger partial charge in [-0.3, -0.25) is 0 Å². The number of nitrogens with one attached hydrogen (secondary N) is 2. The van der Waals surface area contributed by atoms with Gasteiger partial charge in [0, 0.05) is 29.3 Å². The summed E-state index contributed by atoms with van der Waals surface area (Å²) in [6, 6.07) is 3.82. The van der Waals surface area contributed by atoms with Crippen molar-refractivity contribution < 1.29 is 4.74 Å². The Morgan fingerprint density at radius 2 is 1.95 bits per heavy atom. The maximum Gasteiger partial charge on any atom is 0.224 e.